The highest BCUT2D eigenvalue weighted by atomic mass is 19.1. The van der Waals surface area contributed by atoms with Crippen LogP contribution in [0.25, 0.3) is 16.9 Å². The third kappa shape index (κ3) is 6.02. The molecule has 0 unspecified atom stereocenters. The Labute approximate surface area is 182 Å². The van der Waals surface area contributed by atoms with E-state index in [2.05, 4.69) is 20.1 Å². The molecule has 4 aromatic rings. The number of benzene rings is 1. The fourth-order valence-electron chi connectivity index (χ4n) is 2.67. The van der Waals surface area contributed by atoms with Gasteiger partial charge in [0.15, 0.2) is 5.65 Å². The number of hydrogen-bond acceptors (Lipinski definition) is 5. The van der Waals surface area contributed by atoms with E-state index < -0.39 is 0 Å². The van der Waals surface area contributed by atoms with E-state index in [4.69, 9.17) is 7.85 Å². The molecule has 0 aliphatic carbocycles. The molecule has 0 amide bonds. The molecule has 1 aromatic carbocycles. The maximum atomic E-state index is 14.2. The average Bonchev–Trinajstić information content (AvgIpc) is 3.16. The van der Waals surface area contributed by atoms with Gasteiger partial charge in [-0.15, -0.1) is 0 Å². The molecule has 0 bridgehead atoms. The van der Waals surface area contributed by atoms with Crippen molar-refractivity contribution in [3.05, 3.63) is 72.4 Å². The number of ether oxygens (including phenoxy) is 1. The lowest BCUT2D eigenvalue weighted by molar-refractivity contribution is -0.904. The van der Waals surface area contributed by atoms with Gasteiger partial charge < -0.3 is 10.1 Å². The minimum atomic E-state index is -0.357. The Hall–Kier alpha value is -3.46. The molecule has 3 aromatic heterocycles. The Morgan fingerprint density at radius 1 is 1.16 bits per heavy atom. The summed E-state index contributed by atoms with van der Waals surface area (Å²) < 4.78 is 21.0. The zero-order chi connectivity index (χ0) is 22.8. The largest absolute Gasteiger partial charge is 0.388 e. The molecule has 31 heavy (non-hydrogen) atoms. The Kier molecular flexibility index (Phi) is 8.96. The van der Waals surface area contributed by atoms with Crippen LogP contribution in [0.15, 0.2) is 61.1 Å². The van der Waals surface area contributed by atoms with E-state index in [1.165, 1.54) is 24.7 Å². The van der Waals surface area contributed by atoms with Crippen molar-refractivity contribution in [2.24, 2.45) is 0 Å². The third-order valence-corrected chi connectivity index (χ3v) is 4.01. The summed E-state index contributed by atoms with van der Waals surface area (Å²) in [6.45, 7) is 4.48. The van der Waals surface area contributed by atoms with Crippen molar-refractivity contribution >= 4 is 24.8 Å². The van der Waals surface area contributed by atoms with Crippen molar-refractivity contribution in [1.29, 1.82) is 0 Å². The normalized spacial score (nSPS) is 9.97. The molecule has 160 valence electrons. The predicted molar refractivity (Wildman–Crippen MR) is 119 cm³/mol. The second kappa shape index (κ2) is 11.7. The number of hydrogen-bond donors (Lipinski definition) is 2. The van der Waals surface area contributed by atoms with Crippen LogP contribution in [0.2, 0.25) is 0 Å². The van der Waals surface area contributed by atoms with Gasteiger partial charge in [0, 0.05) is 55.5 Å². The minimum absolute atomic E-state index is 0.357. The first-order valence-corrected chi connectivity index (χ1v) is 9.76. The quantitative estimate of drug-likeness (QED) is 0.301. The zero-order valence-electron chi connectivity index (χ0n) is 18.1. The third-order valence-electron chi connectivity index (χ3n) is 4.01. The first-order valence-electron chi connectivity index (χ1n) is 9.76. The van der Waals surface area contributed by atoms with Gasteiger partial charge in [0.25, 0.3) is 0 Å². The van der Waals surface area contributed by atoms with Crippen LogP contribution in [0.1, 0.15) is 19.4 Å². The van der Waals surface area contributed by atoms with Gasteiger partial charge in [-0.05, 0) is 23.2 Å². The van der Waals surface area contributed by atoms with Crippen molar-refractivity contribution < 1.29 is 19.1 Å². The van der Waals surface area contributed by atoms with Crippen LogP contribution in [0.3, 0.4) is 0 Å². The molecule has 3 heterocycles. The molecule has 4 rings (SSSR count). The molecule has 2 N–H and O–H groups in total. The monoisotopic (exact) mass is 422 g/mol. The predicted octanol–water partition coefficient (Wildman–Crippen LogP) is 2.75. The van der Waals surface area contributed by atoms with Crippen LogP contribution in [0.5, 0.6) is 0 Å². The second-order valence-electron chi connectivity index (χ2n) is 6.19. The van der Waals surface area contributed by atoms with Gasteiger partial charge in [-0.3, -0.25) is 5.21 Å². The summed E-state index contributed by atoms with van der Waals surface area (Å²) in [5.41, 5.74) is 2.67. The number of fused-ring (bicyclic) bond motifs is 1. The molecule has 2 radical (unpaired) electrons. The minimum Gasteiger partial charge on any atom is -0.388 e. The average molecular weight is 422 g/mol. The fraction of sp³-hybridized carbons (Fsp3) is 0.227. The number of pyridine rings is 1. The van der Waals surface area contributed by atoms with Crippen molar-refractivity contribution in [3.63, 3.8) is 0 Å². The summed E-state index contributed by atoms with van der Waals surface area (Å²) in [5, 5.41) is 16.8. The molecule has 0 saturated carbocycles. The summed E-state index contributed by atoms with van der Waals surface area (Å²) in [5.74, 6) is 0.273. The lowest BCUT2D eigenvalue weighted by Gasteiger charge is -2.11. The smallest absolute Gasteiger partial charge is 0.222 e. The second-order valence-corrected chi connectivity index (χ2v) is 6.19. The van der Waals surface area contributed by atoms with Crippen LogP contribution >= 0.6 is 0 Å². The van der Waals surface area contributed by atoms with Crippen LogP contribution in [-0.4, -0.2) is 41.9 Å². The maximum Gasteiger partial charge on any atom is 0.222 e. The Morgan fingerprint density at radius 2 is 1.81 bits per heavy atom. The lowest BCUT2D eigenvalue weighted by atomic mass is 10.0. The molecule has 0 fully saturated rings. The van der Waals surface area contributed by atoms with E-state index in [1.54, 1.807) is 55.1 Å². The highest BCUT2D eigenvalue weighted by Crippen LogP contribution is 2.24. The van der Waals surface area contributed by atoms with Crippen molar-refractivity contribution in [2.75, 3.05) is 19.5 Å². The summed E-state index contributed by atoms with van der Waals surface area (Å²) in [6, 6.07) is 11.7. The first-order chi connectivity index (χ1) is 15.0. The summed E-state index contributed by atoms with van der Waals surface area (Å²) in [6.07, 6.45) is 4.58. The molecule has 0 aliphatic heterocycles. The van der Waals surface area contributed by atoms with E-state index in [9.17, 15) is 9.60 Å². The Morgan fingerprint density at radius 3 is 2.45 bits per heavy atom. The standard InChI is InChI=1S/C18H14BFN5O.C2H6O.C2H6/c19-14-11-22-25-17(21-10-12-5-7-24(26)8-6-12)9-16(23-18(14)25)13-3-1-2-4-15(13)20;1-3-2;1-2/h1-9,11,21,26H,10H2;1-2H3;1-2H3/q+1;;. The Bertz CT molecular complexity index is 1100. The summed E-state index contributed by atoms with van der Waals surface area (Å²) >= 11 is 0. The van der Waals surface area contributed by atoms with Gasteiger partial charge in [0.1, 0.15) is 19.5 Å². The molecule has 0 aliphatic rings. The highest BCUT2D eigenvalue weighted by molar-refractivity contribution is 6.36. The van der Waals surface area contributed by atoms with Crippen LogP contribution in [0, 0.1) is 5.82 Å². The number of nitrogens with one attached hydrogen (secondary N) is 1. The van der Waals surface area contributed by atoms with E-state index in [0.29, 0.717) is 34.7 Å². The zero-order valence-corrected chi connectivity index (χ0v) is 18.1. The van der Waals surface area contributed by atoms with E-state index in [0.717, 1.165) is 10.3 Å². The number of rotatable bonds is 4. The first kappa shape index (κ1) is 23.8. The van der Waals surface area contributed by atoms with Gasteiger partial charge in [0.05, 0.1) is 5.69 Å². The molecule has 0 spiro atoms. The molecule has 0 saturated heterocycles. The molecule has 0 atom stereocenters. The van der Waals surface area contributed by atoms with Crippen LogP contribution < -0.4 is 15.5 Å². The van der Waals surface area contributed by atoms with Crippen LogP contribution in [-0.2, 0) is 11.3 Å². The molecule has 9 heteroatoms. The topological polar surface area (TPSA) is 75.6 Å². The highest BCUT2D eigenvalue weighted by Gasteiger charge is 2.13. The molecular formula is C22H26BFN5O2+. The SMILES string of the molecule is CC.COC.[B]c1cnn2c(NCc3cc[n+](O)cc3)cc(-c3ccccc3F)nc12. The van der Waals surface area contributed by atoms with Gasteiger partial charge in [-0.2, -0.15) is 9.61 Å². The van der Waals surface area contributed by atoms with Crippen LogP contribution in [0.4, 0.5) is 10.2 Å². The van der Waals surface area contributed by atoms with Crippen molar-refractivity contribution in [1.82, 2.24) is 14.6 Å². The van der Waals surface area contributed by atoms with Gasteiger partial charge in [-0.1, -0.05) is 26.0 Å². The number of anilines is 1. The molecular weight excluding hydrogens is 396 g/mol. The van der Waals surface area contributed by atoms with Gasteiger partial charge in [0.2, 0.25) is 12.4 Å². The maximum absolute atomic E-state index is 14.2. The van der Waals surface area contributed by atoms with Gasteiger partial charge in [-0.25, -0.2) is 9.37 Å². The number of aromatic nitrogens is 4. The number of methoxy groups -OCH3 is 1. The fourth-order valence-corrected chi connectivity index (χ4v) is 2.67. The summed E-state index contributed by atoms with van der Waals surface area (Å²) in [7, 11) is 9.21. The van der Waals surface area contributed by atoms with E-state index in [-0.39, 0.29) is 5.82 Å². The number of nitrogens with zero attached hydrogens (tertiary/aromatic N) is 4. The van der Waals surface area contributed by atoms with E-state index >= 15 is 0 Å². The van der Waals surface area contributed by atoms with Crippen molar-refractivity contribution in [3.8, 4) is 11.3 Å². The Balaban J connectivity index is 0.000000630. The van der Waals surface area contributed by atoms with Crippen molar-refractivity contribution in [2.45, 2.75) is 20.4 Å². The summed E-state index contributed by atoms with van der Waals surface area (Å²) in [4.78, 5) is 4.45. The number of halogens is 1. The lowest BCUT2D eigenvalue weighted by Crippen LogP contribution is -2.28. The van der Waals surface area contributed by atoms with Gasteiger partial charge >= 0.3 is 0 Å². The molecule has 7 nitrogen and oxygen atoms in total. The van der Waals surface area contributed by atoms with E-state index in [1.807, 2.05) is 13.8 Å².